The standard InChI is InChI=1S/C6H6N2S2/c1-3-5-4(2-9-3)10-6(7)8-5/h2H,1H3,(H2,7,8). The molecule has 0 aliphatic heterocycles. The monoisotopic (exact) mass is 170 g/mol. The van der Waals surface area contributed by atoms with Crippen molar-refractivity contribution in [1.29, 1.82) is 0 Å². The van der Waals surface area contributed by atoms with Gasteiger partial charge in [0.05, 0.1) is 10.2 Å². The minimum absolute atomic E-state index is 0.668. The van der Waals surface area contributed by atoms with Crippen molar-refractivity contribution < 1.29 is 0 Å². The summed E-state index contributed by atoms with van der Waals surface area (Å²) in [7, 11) is 0. The van der Waals surface area contributed by atoms with Crippen molar-refractivity contribution in [1.82, 2.24) is 4.98 Å². The molecule has 0 unspecified atom stereocenters. The van der Waals surface area contributed by atoms with E-state index in [4.69, 9.17) is 5.73 Å². The maximum absolute atomic E-state index is 5.52. The van der Waals surface area contributed by atoms with Crippen molar-refractivity contribution in [3.8, 4) is 0 Å². The van der Waals surface area contributed by atoms with Crippen molar-refractivity contribution in [3.63, 3.8) is 0 Å². The van der Waals surface area contributed by atoms with Crippen LogP contribution in [0.4, 0.5) is 5.13 Å². The lowest BCUT2D eigenvalue weighted by molar-refractivity contribution is 1.48. The number of nitrogen functional groups attached to an aromatic ring is 1. The predicted molar refractivity (Wildman–Crippen MR) is 46.6 cm³/mol. The van der Waals surface area contributed by atoms with Gasteiger partial charge in [0.15, 0.2) is 5.13 Å². The van der Waals surface area contributed by atoms with E-state index in [1.165, 1.54) is 9.58 Å². The van der Waals surface area contributed by atoms with Crippen LogP contribution in [-0.2, 0) is 0 Å². The summed E-state index contributed by atoms with van der Waals surface area (Å²) in [4.78, 5) is 5.43. The Bertz CT molecular complexity index is 361. The molecule has 0 atom stereocenters. The molecular formula is C6H6N2S2. The van der Waals surface area contributed by atoms with Gasteiger partial charge in [-0.2, -0.15) is 0 Å². The molecule has 0 aliphatic carbocycles. The minimum atomic E-state index is 0.668. The van der Waals surface area contributed by atoms with E-state index in [9.17, 15) is 0 Å². The van der Waals surface area contributed by atoms with Crippen LogP contribution in [0.2, 0.25) is 0 Å². The Hall–Kier alpha value is -0.610. The van der Waals surface area contributed by atoms with Crippen molar-refractivity contribution in [2.24, 2.45) is 0 Å². The molecule has 2 heterocycles. The topological polar surface area (TPSA) is 38.9 Å². The third-order valence-corrected chi connectivity index (χ3v) is 3.23. The zero-order chi connectivity index (χ0) is 7.14. The number of aryl methyl sites for hydroxylation is 1. The van der Waals surface area contributed by atoms with Crippen LogP contribution in [0.5, 0.6) is 0 Å². The van der Waals surface area contributed by atoms with Gasteiger partial charge in [0, 0.05) is 10.3 Å². The number of thiophene rings is 1. The van der Waals surface area contributed by atoms with Gasteiger partial charge in [0.1, 0.15) is 0 Å². The molecule has 4 heteroatoms. The highest BCUT2D eigenvalue weighted by Crippen LogP contribution is 2.30. The molecule has 2 aromatic rings. The molecule has 0 saturated carbocycles. The molecule has 0 aliphatic rings. The van der Waals surface area contributed by atoms with E-state index in [1.54, 1.807) is 22.7 Å². The van der Waals surface area contributed by atoms with Gasteiger partial charge in [0.25, 0.3) is 0 Å². The van der Waals surface area contributed by atoms with Gasteiger partial charge < -0.3 is 5.73 Å². The molecule has 2 aromatic heterocycles. The predicted octanol–water partition coefficient (Wildman–Crippen LogP) is 2.25. The molecule has 2 N–H and O–H groups in total. The maximum atomic E-state index is 5.52. The van der Waals surface area contributed by atoms with Crippen molar-refractivity contribution >= 4 is 38.0 Å². The summed E-state index contributed by atoms with van der Waals surface area (Å²) in [6, 6.07) is 0. The number of anilines is 1. The highest BCUT2D eigenvalue weighted by Gasteiger charge is 2.04. The highest BCUT2D eigenvalue weighted by atomic mass is 32.1. The van der Waals surface area contributed by atoms with Crippen LogP contribution in [0.25, 0.3) is 10.2 Å². The second-order valence-electron chi connectivity index (χ2n) is 2.06. The summed E-state index contributed by atoms with van der Waals surface area (Å²) in [5, 5.41) is 2.76. The fourth-order valence-electron chi connectivity index (χ4n) is 0.879. The normalized spacial score (nSPS) is 10.9. The molecule has 10 heavy (non-hydrogen) atoms. The Balaban J connectivity index is 2.90. The van der Waals surface area contributed by atoms with Gasteiger partial charge in [-0.25, -0.2) is 4.98 Å². The molecule has 0 spiro atoms. The number of hydrogen-bond acceptors (Lipinski definition) is 4. The van der Waals surface area contributed by atoms with Crippen molar-refractivity contribution in [3.05, 3.63) is 10.3 Å². The molecule has 2 rings (SSSR count). The van der Waals surface area contributed by atoms with Crippen LogP contribution in [0.1, 0.15) is 4.88 Å². The number of aromatic nitrogens is 1. The number of thiazole rings is 1. The Morgan fingerprint density at radius 2 is 2.40 bits per heavy atom. The highest BCUT2D eigenvalue weighted by molar-refractivity contribution is 7.25. The number of nitrogens with two attached hydrogens (primary N) is 1. The first-order valence-corrected chi connectivity index (χ1v) is 4.57. The number of nitrogens with zero attached hydrogens (tertiary/aromatic N) is 1. The lowest BCUT2D eigenvalue weighted by atomic mass is 10.5. The maximum Gasteiger partial charge on any atom is 0.181 e. The smallest absolute Gasteiger partial charge is 0.181 e. The Kier molecular flexibility index (Phi) is 1.18. The van der Waals surface area contributed by atoms with E-state index in [1.807, 2.05) is 0 Å². The number of rotatable bonds is 0. The average molecular weight is 170 g/mol. The molecule has 0 saturated heterocycles. The second kappa shape index (κ2) is 1.93. The molecule has 0 bridgehead atoms. The summed E-state index contributed by atoms with van der Waals surface area (Å²) in [5.41, 5.74) is 6.59. The number of hydrogen-bond donors (Lipinski definition) is 1. The summed E-state index contributed by atoms with van der Waals surface area (Å²) in [5.74, 6) is 0. The summed E-state index contributed by atoms with van der Waals surface area (Å²) < 4.78 is 1.21. The van der Waals surface area contributed by atoms with Gasteiger partial charge >= 0.3 is 0 Å². The van der Waals surface area contributed by atoms with Crippen molar-refractivity contribution in [2.45, 2.75) is 6.92 Å². The molecule has 2 nitrogen and oxygen atoms in total. The average Bonchev–Trinajstić information content (AvgIpc) is 2.35. The Labute approximate surface area is 66.3 Å². The first-order valence-electron chi connectivity index (χ1n) is 2.87. The summed E-state index contributed by atoms with van der Waals surface area (Å²) in [6.45, 7) is 2.06. The van der Waals surface area contributed by atoms with Gasteiger partial charge in [-0.15, -0.1) is 11.3 Å². The lowest BCUT2D eigenvalue weighted by Crippen LogP contribution is -1.79. The third kappa shape index (κ3) is 0.726. The molecule has 52 valence electrons. The third-order valence-electron chi connectivity index (χ3n) is 1.35. The van der Waals surface area contributed by atoms with Crippen molar-refractivity contribution in [2.75, 3.05) is 5.73 Å². The van der Waals surface area contributed by atoms with Crippen LogP contribution in [0.3, 0.4) is 0 Å². The zero-order valence-electron chi connectivity index (χ0n) is 5.42. The first kappa shape index (κ1) is 6.12. The molecule has 0 amide bonds. The fourth-order valence-corrected chi connectivity index (χ4v) is 2.60. The van der Waals surface area contributed by atoms with E-state index < -0.39 is 0 Å². The Morgan fingerprint density at radius 3 is 3.10 bits per heavy atom. The summed E-state index contributed by atoms with van der Waals surface area (Å²) >= 11 is 3.28. The van der Waals surface area contributed by atoms with Crippen LogP contribution in [0.15, 0.2) is 5.38 Å². The van der Waals surface area contributed by atoms with E-state index in [0.717, 1.165) is 5.52 Å². The van der Waals surface area contributed by atoms with E-state index in [2.05, 4.69) is 17.3 Å². The number of fused-ring (bicyclic) bond motifs is 1. The summed E-state index contributed by atoms with van der Waals surface area (Å²) in [6.07, 6.45) is 0. The van der Waals surface area contributed by atoms with E-state index in [-0.39, 0.29) is 0 Å². The quantitative estimate of drug-likeness (QED) is 0.658. The molecular weight excluding hydrogens is 164 g/mol. The second-order valence-corrected chi connectivity index (χ2v) is 4.20. The van der Waals surface area contributed by atoms with Gasteiger partial charge in [-0.1, -0.05) is 11.3 Å². The van der Waals surface area contributed by atoms with E-state index >= 15 is 0 Å². The van der Waals surface area contributed by atoms with Gasteiger partial charge in [0.2, 0.25) is 0 Å². The zero-order valence-corrected chi connectivity index (χ0v) is 7.05. The largest absolute Gasteiger partial charge is 0.375 e. The SMILES string of the molecule is Cc1scc2sc(N)nc12. The van der Waals surface area contributed by atoms with Crippen LogP contribution >= 0.6 is 22.7 Å². The Morgan fingerprint density at radius 1 is 1.60 bits per heavy atom. The van der Waals surface area contributed by atoms with Gasteiger partial charge in [-0.3, -0.25) is 0 Å². The lowest BCUT2D eigenvalue weighted by Gasteiger charge is -1.77. The molecule has 0 fully saturated rings. The molecule has 0 radical (unpaired) electrons. The fraction of sp³-hybridized carbons (Fsp3) is 0.167. The first-order chi connectivity index (χ1) is 4.77. The van der Waals surface area contributed by atoms with Crippen LogP contribution in [-0.4, -0.2) is 4.98 Å². The van der Waals surface area contributed by atoms with E-state index in [0.29, 0.717) is 5.13 Å². The van der Waals surface area contributed by atoms with Crippen LogP contribution in [0, 0.1) is 6.92 Å². The minimum Gasteiger partial charge on any atom is -0.375 e. The van der Waals surface area contributed by atoms with Gasteiger partial charge in [-0.05, 0) is 6.92 Å². The van der Waals surface area contributed by atoms with Crippen LogP contribution < -0.4 is 5.73 Å². The molecule has 0 aromatic carbocycles.